The number of benzene rings is 3. The fraction of sp³-hybridized carbons (Fsp3) is 0.130. The minimum absolute atomic E-state index is 0.0169. The van der Waals surface area contributed by atoms with Gasteiger partial charge in [-0.2, -0.15) is 0 Å². The van der Waals surface area contributed by atoms with E-state index in [1.54, 1.807) is 66.7 Å². The van der Waals surface area contributed by atoms with Crippen LogP contribution in [0.2, 0.25) is 10.0 Å². The van der Waals surface area contributed by atoms with Crippen molar-refractivity contribution in [2.75, 3.05) is 16.3 Å². The van der Waals surface area contributed by atoms with E-state index in [0.29, 0.717) is 32.7 Å². The molecule has 30 heavy (non-hydrogen) atoms. The molecule has 150 valence electrons. The van der Waals surface area contributed by atoms with Crippen molar-refractivity contribution in [1.82, 2.24) is 0 Å². The van der Waals surface area contributed by atoms with E-state index >= 15 is 0 Å². The summed E-state index contributed by atoms with van der Waals surface area (Å²) in [7, 11) is 0. The van der Waals surface area contributed by atoms with E-state index in [1.165, 1.54) is 9.80 Å². The first-order valence-electron chi connectivity index (χ1n) is 9.17. The first kappa shape index (κ1) is 20.2. The summed E-state index contributed by atoms with van der Waals surface area (Å²) < 4.78 is 0. The Balaban J connectivity index is 1.88. The molecule has 7 heteroatoms. The Bertz CT molecular complexity index is 1160. The largest absolute Gasteiger partial charge is 0.365 e. The molecule has 4 rings (SSSR count). The molecule has 1 fully saturated rings. The Kier molecular flexibility index (Phi) is 5.17. The second kappa shape index (κ2) is 7.66. The van der Waals surface area contributed by atoms with Gasteiger partial charge in [-0.15, -0.1) is 0 Å². The molecule has 1 aliphatic rings. The summed E-state index contributed by atoms with van der Waals surface area (Å²) in [5, 5.41) is 12.9. The Labute approximate surface area is 184 Å². The van der Waals surface area contributed by atoms with Gasteiger partial charge in [-0.05, 0) is 67.1 Å². The maximum Gasteiger partial charge on any atom is 0.331 e. The topological polar surface area (TPSA) is 48.1 Å². The Morgan fingerprint density at radius 1 is 0.967 bits per heavy atom. The lowest BCUT2D eigenvalue weighted by atomic mass is 9.98. The lowest BCUT2D eigenvalue weighted by Gasteiger charge is -2.32. The lowest BCUT2D eigenvalue weighted by Crippen LogP contribution is -2.44. The summed E-state index contributed by atoms with van der Waals surface area (Å²) in [5.41, 5.74) is 1.10. The van der Waals surface area contributed by atoms with E-state index < -0.39 is 11.8 Å². The third-order valence-electron chi connectivity index (χ3n) is 5.05. The summed E-state index contributed by atoms with van der Waals surface area (Å²) in [6, 6.07) is 18.3. The van der Waals surface area contributed by atoms with Crippen molar-refractivity contribution in [3.63, 3.8) is 0 Å². The van der Waals surface area contributed by atoms with Gasteiger partial charge in [0.25, 0.3) is 0 Å². The third kappa shape index (κ3) is 3.50. The fourth-order valence-electron chi connectivity index (χ4n) is 3.65. The monoisotopic (exact) mass is 437 g/mol. The van der Waals surface area contributed by atoms with Gasteiger partial charge in [0.05, 0.1) is 13.1 Å². The number of hydrogen-bond donors (Lipinski definition) is 1. The minimum atomic E-state index is -1.68. The third-order valence-corrected chi connectivity index (χ3v) is 5.55. The second-order valence-corrected chi connectivity index (χ2v) is 8.02. The molecule has 0 saturated carbocycles. The number of β-amino-alcohol motifs (C(OH)–C–C–N with tert-alkyl or cyclic N) is 1. The number of halogens is 2. The Morgan fingerprint density at radius 3 is 2.10 bits per heavy atom. The summed E-state index contributed by atoms with van der Waals surface area (Å²) >= 11 is 12.0. The molecule has 1 saturated heterocycles. The number of aliphatic hydroxyl groups is 1. The van der Waals surface area contributed by atoms with Crippen LogP contribution in [0.25, 0.3) is 4.85 Å². The molecule has 3 aromatic carbocycles. The van der Waals surface area contributed by atoms with Gasteiger partial charge in [0.15, 0.2) is 11.4 Å². The zero-order valence-electron chi connectivity index (χ0n) is 16.0. The molecular weight excluding hydrogens is 421 g/mol. The van der Waals surface area contributed by atoms with Crippen LogP contribution in [0.15, 0.2) is 66.7 Å². The molecule has 1 unspecified atom stereocenters. The zero-order chi connectivity index (χ0) is 21.5. The summed E-state index contributed by atoms with van der Waals surface area (Å²) in [6.45, 7) is 9.20. The Hall–Kier alpha value is -3.04. The molecule has 2 amide bonds. The van der Waals surface area contributed by atoms with E-state index in [1.807, 2.05) is 6.92 Å². The van der Waals surface area contributed by atoms with E-state index in [0.717, 1.165) is 5.56 Å². The Morgan fingerprint density at radius 2 is 1.53 bits per heavy atom. The molecule has 1 N–H and O–H groups in total. The lowest BCUT2D eigenvalue weighted by molar-refractivity contribution is 0.0655. The molecule has 0 aromatic heterocycles. The van der Waals surface area contributed by atoms with Crippen molar-refractivity contribution in [3.05, 3.63) is 99.3 Å². The number of urea groups is 1. The number of carbonyl (C=O) groups is 1. The first-order valence-corrected chi connectivity index (χ1v) is 9.92. The van der Waals surface area contributed by atoms with Crippen LogP contribution in [0.3, 0.4) is 0 Å². The number of rotatable bonds is 3. The van der Waals surface area contributed by atoms with Crippen LogP contribution in [0.1, 0.15) is 11.1 Å². The molecule has 0 aliphatic carbocycles. The van der Waals surface area contributed by atoms with Gasteiger partial charge in [-0.1, -0.05) is 40.9 Å². The predicted molar refractivity (Wildman–Crippen MR) is 119 cm³/mol. The maximum atomic E-state index is 13.5. The number of anilines is 2. The first-order chi connectivity index (χ1) is 14.3. The number of aryl methyl sites for hydroxylation is 1. The molecule has 1 heterocycles. The zero-order valence-corrected chi connectivity index (χ0v) is 17.5. The molecular formula is C23H17Cl2N3O2. The van der Waals surface area contributed by atoms with Crippen molar-refractivity contribution in [2.45, 2.75) is 12.6 Å². The van der Waals surface area contributed by atoms with Gasteiger partial charge in [-0.25, -0.2) is 9.64 Å². The van der Waals surface area contributed by atoms with E-state index in [2.05, 4.69) is 4.85 Å². The van der Waals surface area contributed by atoms with Gasteiger partial charge in [0.1, 0.15) is 0 Å². The number of nitrogens with zero attached hydrogens (tertiary/aromatic N) is 3. The van der Waals surface area contributed by atoms with Crippen molar-refractivity contribution in [3.8, 4) is 0 Å². The highest BCUT2D eigenvalue weighted by molar-refractivity contribution is 6.31. The van der Waals surface area contributed by atoms with E-state index in [4.69, 9.17) is 29.8 Å². The number of hydrogen-bond acceptors (Lipinski definition) is 2. The van der Waals surface area contributed by atoms with Gasteiger partial charge in [0.2, 0.25) is 0 Å². The smallest absolute Gasteiger partial charge is 0.331 e. The molecule has 0 radical (unpaired) electrons. The highest BCUT2D eigenvalue weighted by atomic mass is 35.5. The summed E-state index contributed by atoms with van der Waals surface area (Å²) in [4.78, 5) is 19.8. The van der Waals surface area contributed by atoms with Gasteiger partial charge < -0.3 is 5.11 Å². The average Bonchev–Trinajstić information content (AvgIpc) is 3.00. The number of amides is 2. The van der Waals surface area contributed by atoms with Crippen molar-refractivity contribution in [1.29, 1.82) is 0 Å². The molecule has 5 nitrogen and oxygen atoms in total. The van der Waals surface area contributed by atoms with Crippen LogP contribution in [0.5, 0.6) is 0 Å². The molecule has 0 bridgehead atoms. The van der Waals surface area contributed by atoms with Crippen LogP contribution < -0.4 is 9.80 Å². The van der Waals surface area contributed by atoms with Crippen molar-refractivity contribution in [2.24, 2.45) is 0 Å². The molecule has 1 aliphatic heterocycles. The van der Waals surface area contributed by atoms with Crippen LogP contribution in [0, 0.1) is 13.5 Å². The van der Waals surface area contributed by atoms with Gasteiger partial charge in [0, 0.05) is 21.4 Å². The second-order valence-electron chi connectivity index (χ2n) is 7.14. The van der Waals surface area contributed by atoms with E-state index in [-0.39, 0.29) is 6.54 Å². The van der Waals surface area contributed by atoms with Crippen LogP contribution >= 0.6 is 23.2 Å². The average molecular weight is 438 g/mol. The van der Waals surface area contributed by atoms with Crippen LogP contribution in [-0.2, 0) is 5.72 Å². The van der Waals surface area contributed by atoms with Gasteiger partial charge >= 0.3 is 6.03 Å². The molecule has 1 atom stereocenters. The highest BCUT2D eigenvalue weighted by Gasteiger charge is 2.51. The summed E-state index contributed by atoms with van der Waals surface area (Å²) in [6.07, 6.45) is 0. The number of carbonyl (C=O) groups excluding carboxylic acids is 1. The van der Waals surface area contributed by atoms with E-state index in [9.17, 15) is 9.90 Å². The van der Waals surface area contributed by atoms with Crippen molar-refractivity contribution >= 4 is 46.3 Å². The standard InChI is InChI=1S/C23H17Cl2N3O2/c1-15-11-16(13-19(12-15)26-2)23(30)14-27(20-7-3-17(24)4-8-20)22(29)28(23)21-9-5-18(25)6-10-21/h3-13,30H,14H2,1H3. The minimum Gasteiger partial charge on any atom is -0.365 e. The summed E-state index contributed by atoms with van der Waals surface area (Å²) in [5.74, 6) is 0. The predicted octanol–water partition coefficient (Wildman–Crippen LogP) is 6.14. The normalized spacial score (nSPS) is 18.6. The van der Waals surface area contributed by atoms with Crippen molar-refractivity contribution < 1.29 is 9.90 Å². The maximum absolute atomic E-state index is 13.5. The highest BCUT2D eigenvalue weighted by Crippen LogP contribution is 2.41. The molecule has 0 spiro atoms. The SMILES string of the molecule is [C-]#[N+]c1cc(C)cc(C2(O)CN(c3ccc(Cl)cc3)C(=O)N2c2ccc(Cl)cc2)c1. The quantitative estimate of drug-likeness (QED) is 0.499. The van der Waals surface area contributed by atoms with Crippen LogP contribution in [0.4, 0.5) is 21.9 Å². The molecule has 3 aromatic rings. The fourth-order valence-corrected chi connectivity index (χ4v) is 3.91. The van der Waals surface area contributed by atoms with Crippen LogP contribution in [-0.4, -0.2) is 17.7 Å². The van der Waals surface area contributed by atoms with Gasteiger partial charge in [-0.3, -0.25) is 9.80 Å².